The molecule has 0 atom stereocenters. The molecule has 0 radical (unpaired) electrons. The van der Waals surface area contributed by atoms with Gasteiger partial charge < -0.3 is 5.11 Å². The zero-order valence-electron chi connectivity index (χ0n) is 9.04. The van der Waals surface area contributed by atoms with Crippen LogP contribution in [-0.4, -0.2) is 18.1 Å². The molecular weight excluding hydrogens is 276 g/mol. The maximum absolute atomic E-state index is 11.3. The van der Waals surface area contributed by atoms with E-state index < -0.39 is 10.1 Å². The Morgan fingerprint density at radius 3 is 2.17 bits per heavy atom. The lowest BCUT2D eigenvalue weighted by Crippen LogP contribution is -2.00. The molecule has 0 aliphatic rings. The first-order valence-electron chi connectivity index (χ1n) is 4.94. The van der Waals surface area contributed by atoms with Crippen molar-refractivity contribution in [2.24, 2.45) is 0 Å². The molecule has 0 unspecified atom stereocenters. The average Bonchev–Trinajstić information content (AvgIpc) is 2.28. The lowest BCUT2D eigenvalue weighted by atomic mass is 10.1. The normalized spacial score (nSPS) is 11.4. The van der Waals surface area contributed by atoms with Gasteiger partial charge in [-0.2, -0.15) is 8.42 Å². The molecule has 2 rings (SSSR count). The van der Waals surface area contributed by atoms with Crippen LogP contribution in [0.2, 0.25) is 5.02 Å². The molecule has 0 saturated carbocycles. The van der Waals surface area contributed by atoms with E-state index >= 15 is 0 Å². The second kappa shape index (κ2) is 4.61. The van der Waals surface area contributed by atoms with Crippen molar-refractivity contribution < 1.29 is 18.1 Å². The third-order valence-corrected chi connectivity index (χ3v) is 3.54. The van der Waals surface area contributed by atoms with Crippen molar-refractivity contribution in [1.29, 1.82) is 0 Å². The van der Waals surface area contributed by atoms with E-state index in [1.807, 2.05) is 0 Å². The van der Waals surface area contributed by atoms with E-state index in [-0.39, 0.29) is 16.2 Å². The van der Waals surface area contributed by atoms with Crippen LogP contribution >= 0.6 is 11.6 Å². The maximum atomic E-state index is 11.3. The van der Waals surface area contributed by atoms with Gasteiger partial charge in [0.1, 0.15) is 10.6 Å². The summed E-state index contributed by atoms with van der Waals surface area (Å²) in [6, 6.07) is 9.98. The molecule has 0 heterocycles. The molecule has 0 aliphatic carbocycles. The predicted octanol–water partition coefficient (Wildman–Crippen LogP) is 2.96. The maximum Gasteiger partial charge on any atom is 0.295 e. The van der Waals surface area contributed by atoms with E-state index in [0.29, 0.717) is 10.6 Å². The fourth-order valence-corrected chi connectivity index (χ4v) is 2.46. The first-order chi connectivity index (χ1) is 8.38. The summed E-state index contributed by atoms with van der Waals surface area (Å²) < 4.78 is 31.7. The summed E-state index contributed by atoms with van der Waals surface area (Å²) in [6.07, 6.45) is 0. The molecule has 4 nitrogen and oxygen atoms in total. The van der Waals surface area contributed by atoms with Crippen LogP contribution in [0.3, 0.4) is 0 Å². The van der Waals surface area contributed by atoms with Gasteiger partial charge in [-0.25, -0.2) is 0 Å². The Bertz CT molecular complexity index is 678. The number of halogens is 1. The second-order valence-corrected chi connectivity index (χ2v) is 5.49. The minimum atomic E-state index is -4.33. The summed E-state index contributed by atoms with van der Waals surface area (Å²) in [6.45, 7) is 0. The molecule has 0 spiro atoms. The van der Waals surface area contributed by atoms with Gasteiger partial charge in [0, 0.05) is 10.6 Å². The third kappa shape index (κ3) is 2.64. The zero-order chi connectivity index (χ0) is 13.3. The fraction of sp³-hybridized carbons (Fsp3) is 0. The SMILES string of the molecule is O=S(=O)(O)c1ccc(Cl)cc1-c1ccc(O)cc1. The lowest BCUT2D eigenvalue weighted by Gasteiger charge is -2.08. The highest BCUT2D eigenvalue weighted by atomic mass is 35.5. The highest BCUT2D eigenvalue weighted by Crippen LogP contribution is 2.30. The van der Waals surface area contributed by atoms with Gasteiger partial charge >= 0.3 is 0 Å². The van der Waals surface area contributed by atoms with Gasteiger partial charge in [-0.1, -0.05) is 23.7 Å². The van der Waals surface area contributed by atoms with Crippen molar-refractivity contribution >= 4 is 21.7 Å². The molecular formula is C12H9ClO4S. The Hall–Kier alpha value is -1.56. The molecule has 2 N–H and O–H groups in total. The molecule has 0 bridgehead atoms. The van der Waals surface area contributed by atoms with Crippen LogP contribution in [0.15, 0.2) is 47.4 Å². The van der Waals surface area contributed by atoms with E-state index in [2.05, 4.69) is 0 Å². The largest absolute Gasteiger partial charge is 0.508 e. The smallest absolute Gasteiger partial charge is 0.295 e. The summed E-state index contributed by atoms with van der Waals surface area (Å²) in [7, 11) is -4.33. The molecule has 0 saturated heterocycles. The molecule has 0 amide bonds. The predicted molar refractivity (Wildman–Crippen MR) is 68.4 cm³/mol. The Morgan fingerprint density at radius 2 is 1.61 bits per heavy atom. The van der Waals surface area contributed by atoms with Gasteiger partial charge in [-0.3, -0.25) is 4.55 Å². The van der Waals surface area contributed by atoms with Crippen molar-refractivity contribution in [3.05, 3.63) is 47.5 Å². The number of aromatic hydroxyl groups is 1. The van der Waals surface area contributed by atoms with Crippen LogP contribution in [0.4, 0.5) is 0 Å². The molecule has 2 aromatic rings. The summed E-state index contributed by atoms with van der Waals surface area (Å²) in [4.78, 5) is -0.224. The summed E-state index contributed by atoms with van der Waals surface area (Å²) in [5, 5.41) is 9.55. The van der Waals surface area contributed by atoms with E-state index in [4.69, 9.17) is 16.2 Å². The van der Waals surface area contributed by atoms with Gasteiger partial charge in [-0.15, -0.1) is 0 Å². The molecule has 94 valence electrons. The highest BCUT2D eigenvalue weighted by Gasteiger charge is 2.16. The minimum absolute atomic E-state index is 0.0641. The van der Waals surface area contributed by atoms with Crippen LogP contribution in [0.1, 0.15) is 0 Å². The van der Waals surface area contributed by atoms with E-state index in [1.165, 1.54) is 42.5 Å². The Labute approximate surface area is 109 Å². The molecule has 2 aromatic carbocycles. The van der Waals surface area contributed by atoms with Crippen molar-refractivity contribution in [3.8, 4) is 16.9 Å². The fourth-order valence-electron chi connectivity index (χ4n) is 1.59. The summed E-state index contributed by atoms with van der Waals surface area (Å²) in [5.74, 6) is 0.0641. The third-order valence-electron chi connectivity index (χ3n) is 2.40. The Balaban J connectivity index is 2.69. The summed E-state index contributed by atoms with van der Waals surface area (Å²) >= 11 is 5.82. The van der Waals surface area contributed by atoms with Crippen LogP contribution in [0, 0.1) is 0 Å². The van der Waals surface area contributed by atoms with E-state index in [1.54, 1.807) is 0 Å². The Morgan fingerprint density at radius 1 is 1.00 bits per heavy atom. The van der Waals surface area contributed by atoms with Crippen molar-refractivity contribution in [2.75, 3.05) is 0 Å². The second-order valence-electron chi connectivity index (χ2n) is 3.66. The monoisotopic (exact) mass is 284 g/mol. The lowest BCUT2D eigenvalue weighted by molar-refractivity contribution is 0.475. The van der Waals surface area contributed by atoms with Gasteiger partial charge in [-0.05, 0) is 35.9 Å². The van der Waals surface area contributed by atoms with E-state index in [0.717, 1.165) is 0 Å². The Kier molecular flexibility index (Phi) is 3.30. The van der Waals surface area contributed by atoms with Crippen molar-refractivity contribution in [3.63, 3.8) is 0 Å². The van der Waals surface area contributed by atoms with Crippen molar-refractivity contribution in [2.45, 2.75) is 4.90 Å². The van der Waals surface area contributed by atoms with Gasteiger partial charge in [0.05, 0.1) is 0 Å². The van der Waals surface area contributed by atoms with Crippen LogP contribution in [-0.2, 0) is 10.1 Å². The number of hydrogen-bond acceptors (Lipinski definition) is 3. The van der Waals surface area contributed by atoms with Gasteiger partial charge in [0.2, 0.25) is 0 Å². The first kappa shape index (κ1) is 12.9. The minimum Gasteiger partial charge on any atom is -0.508 e. The quantitative estimate of drug-likeness (QED) is 0.832. The molecule has 0 aromatic heterocycles. The molecule has 0 fully saturated rings. The van der Waals surface area contributed by atoms with Gasteiger partial charge in [0.25, 0.3) is 10.1 Å². The number of benzene rings is 2. The van der Waals surface area contributed by atoms with Crippen LogP contribution in [0.5, 0.6) is 5.75 Å². The van der Waals surface area contributed by atoms with Crippen molar-refractivity contribution in [1.82, 2.24) is 0 Å². The number of phenols is 1. The average molecular weight is 285 g/mol. The zero-order valence-corrected chi connectivity index (χ0v) is 10.6. The van der Waals surface area contributed by atoms with Crippen LogP contribution in [0.25, 0.3) is 11.1 Å². The van der Waals surface area contributed by atoms with Crippen LogP contribution < -0.4 is 0 Å². The summed E-state index contributed by atoms with van der Waals surface area (Å²) in [5.41, 5.74) is 0.813. The highest BCUT2D eigenvalue weighted by molar-refractivity contribution is 7.86. The molecule has 18 heavy (non-hydrogen) atoms. The molecule has 6 heteroatoms. The topological polar surface area (TPSA) is 74.6 Å². The van der Waals surface area contributed by atoms with Gasteiger partial charge in [0.15, 0.2) is 0 Å². The number of phenolic OH excluding ortho intramolecular Hbond substituents is 1. The first-order valence-corrected chi connectivity index (χ1v) is 6.76. The van der Waals surface area contributed by atoms with E-state index in [9.17, 15) is 13.5 Å². The number of hydrogen-bond donors (Lipinski definition) is 2. The standard InChI is InChI=1S/C12H9ClO4S/c13-9-3-6-12(18(15,16)17)11(7-9)8-1-4-10(14)5-2-8/h1-7,14H,(H,15,16,17). The molecule has 0 aliphatic heterocycles. The number of rotatable bonds is 2.